The molecule has 134 valence electrons. The molecule has 2 rings (SSSR count). The molecule has 1 saturated carbocycles. The average Bonchev–Trinajstić information content (AvgIpc) is 2.62. The average molecular weight is 407 g/mol. The maximum atomic E-state index is 12.5. The van der Waals surface area contributed by atoms with Crippen LogP contribution < -0.4 is 14.8 Å². The maximum Gasteiger partial charge on any atom is 0.262 e. The van der Waals surface area contributed by atoms with E-state index in [-0.39, 0.29) is 17.5 Å². The van der Waals surface area contributed by atoms with Crippen molar-refractivity contribution >= 4 is 27.9 Å². The third-order valence-corrected chi connectivity index (χ3v) is 5.28. The largest absolute Gasteiger partial charge is 0.493 e. The molecular weight excluding hydrogens is 384 g/mol. The number of nitrogens with one attached hydrogen (secondary N) is 1. The summed E-state index contributed by atoms with van der Waals surface area (Å²) < 4.78 is 11.2. The zero-order valence-corrected chi connectivity index (χ0v) is 16.4. The van der Waals surface area contributed by atoms with Crippen LogP contribution in [-0.4, -0.2) is 26.2 Å². The normalized spacial score (nSPS) is 20.5. The highest BCUT2D eigenvalue weighted by Gasteiger charge is 2.24. The van der Waals surface area contributed by atoms with Gasteiger partial charge in [0.1, 0.15) is 11.6 Å². The van der Waals surface area contributed by atoms with Gasteiger partial charge in [0.15, 0.2) is 11.5 Å². The van der Waals surface area contributed by atoms with Crippen molar-refractivity contribution in [1.29, 1.82) is 5.26 Å². The van der Waals surface area contributed by atoms with Gasteiger partial charge in [-0.15, -0.1) is 0 Å². The number of carbonyl (C=O) groups is 1. The summed E-state index contributed by atoms with van der Waals surface area (Å²) in [6.45, 7) is 2.14. The molecule has 2 atom stereocenters. The monoisotopic (exact) mass is 406 g/mol. The number of halogens is 1. The van der Waals surface area contributed by atoms with Crippen molar-refractivity contribution in [3.63, 3.8) is 0 Å². The number of nitriles is 1. The van der Waals surface area contributed by atoms with E-state index in [1.54, 1.807) is 32.4 Å². The molecule has 1 aliphatic rings. The SMILES string of the molecule is COc1cc(Br)c(/C=C(\C#N)C(=O)N[C@@H]2CCCC[C@@H]2C)cc1OC. The van der Waals surface area contributed by atoms with Gasteiger partial charge in [-0.1, -0.05) is 35.7 Å². The number of amides is 1. The molecular formula is C19H23BrN2O3. The molecule has 1 aromatic rings. The molecule has 0 heterocycles. The molecule has 0 saturated heterocycles. The van der Waals surface area contributed by atoms with Gasteiger partial charge in [-0.25, -0.2) is 0 Å². The Labute approximate surface area is 157 Å². The molecule has 6 heteroatoms. The van der Waals surface area contributed by atoms with Crippen LogP contribution in [0.5, 0.6) is 11.5 Å². The number of rotatable bonds is 5. The molecule has 1 amide bonds. The van der Waals surface area contributed by atoms with E-state index in [1.165, 1.54) is 6.42 Å². The summed E-state index contributed by atoms with van der Waals surface area (Å²) in [5.41, 5.74) is 0.756. The van der Waals surface area contributed by atoms with Crippen LogP contribution in [-0.2, 0) is 4.79 Å². The van der Waals surface area contributed by atoms with Gasteiger partial charge in [-0.2, -0.15) is 5.26 Å². The first-order valence-electron chi connectivity index (χ1n) is 8.34. The van der Waals surface area contributed by atoms with E-state index in [9.17, 15) is 10.1 Å². The van der Waals surface area contributed by atoms with E-state index in [4.69, 9.17) is 9.47 Å². The molecule has 5 nitrogen and oxygen atoms in total. The van der Waals surface area contributed by atoms with E-state index in [1.807, 2.05) is 6.07 Å². The van der Waals surface area contributed by atoms with Crippen molar-refractivity contribution in [2.45, 2.75) is 38.6 Å². The first-order valence-corrected chi connectivity index (χ1v) is 9.13. The summed E-state index contributed by atoms with van der Waals surface area (Å²) >= 11 is 3.44. The van der Waals surface area contributed by atoms with E-state index >= 15 is 0 Å². The van der Waals surface area contributed by atoms with Crippen molar-refractivity contribution in [3.05, 3.63) is 27.7 Å². The maximum absolute atomic E-state index is 12.5. The highest BCUT2D eigenvalue weighted by atomic mass is 79.9. The number of carbonyl (C=O) groups excluding carboxylic acids is 1. The third-order valence-electron chi connectivity index (χ3n) is 4.60. The second-order valence-electron chi connectivity index (χ2n) is 6.24. The van der Waals surface area contributed by atoms with E-state index < -0.39 is 0 Å². The Morgan fingerprint density at radius 1 is 1.28 bits per heavy atom. The van der Waals surface area contributed by atoms with Crippen molar-refractivity contribution in [3.8, 4) is 17.6 Å². The minimum atomic E-state index is -0.331. The number of hydrogen-bond acceptors (Lipinski definition) is 4. The minimum absolute atomic E-state index is 0.0747. The van der Waals surface area contributed by atoms with Crippen molar-refractivity contribution in [2.75, 3.05) is 14.2 Å². The van der Waals surface area contributed by atoms with Gasteiger partial charge in [-0.3, -0.25) is 4.79 Å². The van der Waals surface area contributed by atoms with Crippen LogP contribution in [0.2, 0.25) is 0 Å². The van der Waals surface area contributed by atoms with Gasteiger partial charge in [0.05, 0.1) is 14.2 Å². The lowest BCUT2D eigenvalue weighted by molar-refractivity contribution is -0.118. The molecule has 1 aliphatic carbocycles. The van der Waals surface area contributed by atoms with Gasteiger partial charge in [0, 0.05) is 10.5 Å². The second kappa shape index (κ2) is 8.91. The predicted octanol–water partition coefficient (Wildman–Crippen LogP) is 4.07. The minimum Gasteiger partial charge on any atom is -0.493 e. The Morgan fingerprint density at radius 2 is 1.92 bits per heavy atom. The van der Waals surface area contributed by atoms with Gasteiger partial charge >= 0.3 is 0 Å². The molecule has 0 spiro atoms. The van der Waals surface area contributed by atoms with Crippen LogP contribution in [0.3, 0.4) is 0 Å². The number of methoxy groups -OCH3 is 2. The van der Waals surface area contributed by atoms with E-state index in [0.717, 1.165) is 23.7 Å². The first kappa shape index (κ1) is 19.3. The fraction of sp³-hybridized carbons (Fsp3) is 0.474. The van der Waals surface area contributed by atoms with Gasteiger partial charge in [0.25, 0.3) is 5.91 Å². The molecule has 0 aromatic heterocycles. The quantitative estimate of drug-likeness (QED) is 0.590. The Morgan fingerprint density at radius 3 is 2.52 bits per heavy atom. The summed E-state index contributed by atoms with van der Waals surface area (Å²) in [6, 6.07) is 5.62. The molecule has 1 N–H and O–H groups in total. The Balaban J connectivity index is 2.24. The molecule has 0 bridgehead atoms. The smallest absolute Gasteiger partial charge is 0.262 e. The molecule has 0 aliphatic heterocycles. The van der Waals surface area contributed by atoms with Gasteiger partial charge in [-0.05, 0) is 42.5 Å². The van der Waals surface area contributed by atoms with Crippen molar-refractivity contribution < 1.29 is 14.3 Å². The lowest BCUT2D eigenvalue weighted by atomic mass is 9.86. The standard InChI is InChI=1S/C19H23BrN2O3/c1-12-6-4-5-7-16(12)22-19(23)14(11-21)8-13-9-17(24-2)18(25-3)10-15(13)20/h8-10,12,16H,4-7H2,1-3H3,(H,22,23)/b14-8+/t12-,16+/m0/s1. The van der Waals surface area contributed by atoms with Crippen LogP contribution in [0.4, 0.5) is 0 Å². The van der Waals surface area contributed by atoms with Crippen molar-refractivity contribution in [1.82, 2.24) is 5.32 Å². The molecule has 1 fully saturated rings. The van der Waals surface area contributed by atoms with Crippen LogP contribution in [0.25, 0.3) is 6.08 Å². The lowest BCUT2D eigenvalue weighted by Crippen LogP contribution is -2.41. The summed E-state index contributed by atoms with van der Waals surface area (Å²) in [5, 5.41) is 12.4. The highest BCUT2D eigenvalue weighted by Crippen LogP contribution is 2.34. The summed E-state index contributed by atoms with van der Waals surface area (Å²) in [7, 11) is 3.10. The molecule has 25 heavy (non-hydrogen) atoms. The topological polar surface area (TPSA) is 71.3 Å². The van der Waals surface area contributed by atoms with Crippen LogP contribution >= 0.6 is 15.9 Å². The number of hydrogen-bond donors (Lipinski definition) is 1. The lowest BCUT2D eigenvalue weighted by Gasteiger charge is -2.29. The third kappa shape index (κ3) is 4.76. The van der Waals surface area contributed by atoms with Gasteiger partial charge < -0.3 is 14.8 Å². The Bertz CT molecular complexity index is 709. The van der Waals surface area contributed by atoms with Crippen LogP contribution in [0.1, 0.15) is 38.2 Å². The number of benzene rings is 1. The highest BCUT2D eigenvalue weighted by molar-refractivity contribution is 9.10. The van der Waals surface area contributed by atoms with Gasteiger partial charge in [0.2, 0.25) is 0 Å². The number of ether oxygens (including phenoxy) is 2. The first-order chi connectivity index (χ1) is 12.0. The zero-order chi connectivity index (χ0) is 18.4. The van der Waals surface area contributed by atoms with Crippen molar-refractivity contribution in [2.24, 2.45) is 5.92 Å². The Hall–Kier alpha value is -2.00. The fourth-order valence-corrected chi connectivity index (χ4v) is 3.50. The molecule has 0 radical (unpaired) electrons. The van der Waals surface area contributed by atoms with Crippen LogP contribution in [0.15, 0.2) is 22.2 Å². The number of nitrogens with zero attached hydrogens (tertiary/aromatic N) is 1. The predicted molar refractivity (Wildman–Crippen MR) is 100 cm³/mol. The fourth-order valence-electron chi connectivity index (χ4n) is 3.06. The van der Waals surface area contributed by atoms with Crippen LogP contribution in [0, 0.1) is 17.2 Å². The zero-order valence-electron chi connectivity index (χ0n) is 14.8. The molecule has 1 aromatic carbocycles. The summed E-state index contributed by atoms with van der Waals surface area (Å²) in [4.78, 5) is 12.5. The van der Waals surface area contributed by atoms with E-state index in [0.29, 0.717) is 23.0 Å². The van der Waals surface area contributed by atoms with E-state index in [2.05, 4.69) is 28.2 Å². The summed E-state index contributed by atoms with van der Waals surface area (Å²) in [6.07, 6.45) is 5.95. The second-order valence-corrected chi connectivity index (χ2v) is 7.09. The summed E-state index contributed by atoms with van der Waals surface area (Å²) in [5.74, 6) is 1.22. The Kier molecular flexibility index (Phi) is 6.89. The molecule has 0 unspecified atom stereocenters.